The summed E-state index contributed by atoms with van der Waals surface area (Å²) in [4.78, 5) is 13.7. The van der Waals surface area contributed by atoms with Gasteiger partial charge in [0, 0.05) is 17.0 Å². The Bertz CT molecular complexity index is 1100. The molecule has 0 radical (unpaired) electrons. The van der Waals surface area contributed by atoms with Crippen molar-refractivity contribution >= 4 is 27.1 Å². The van der Waals surface area contributed by atoms with Crippen LogP contribution in [-0.2, 0) is 9.84 Å². The summed E-state index contributed by atoms with van der Waals surface area (Å²) in [5.41, 5.74) is 0.261. The van der Waals surface area contributed by atoms with Crippen LogP contribution in [-0.4, -0.2) is 42.2 Å². The largest absolute Gasteiger partial charge is 0.493 e. The van der Waals surface area contributed by atoms with Gasteiger partial charge >= 0.3 is 0 Å². The van der Waals surface area contributed by atoms with Crippen LogP contribution in [0.15, 0.2) is 64.9 Å². The number of ether oxygens (including phenoxy) is 3. The fourth-order valence-electron chi connectivity index (χ4n) is 3.11. The summed E-state index contributed by atoms with van der Waals surface area (Å²) in [5.74, 6) is 0.575. The van der Waals surface area contributed by atoms with Crippen molar-refractivity contribution in [1.29, 1.82) is 0 Å². The lowest BCUT2D eigenvalue weighted by molar-refractivity contribution is 0.0953. The number of carbonyl (C=O) groups is 1. The lowest BCUT2D eigenvalue weighted by Gasteiger charge is -2.18. The maximum absolute atomic E-state index is 13.3. The molecule has 0 spiro atoms. The Balaban J connectivity index is 1.89. The monoisotopic (exact) mass is 461 g/mol. The number of amides is 1. The molecule has 1 aromatic heterocycles. The van der Waals surface area contributed by atoms with Crippen LogP contribution in [0.25, 0.3) is 0 Å². The first-order chi connectivity index (χ1) is 14.9. The van der Waals surface area contributed by atoms with Gasteiger partial charge in [0.05, 0.1) is 26.2 Å². The number of benzene rings is 2. The SMILES string of the molecule is COc1cc(C(=O)NCC(c2cccs2)S(=O)(=O)c2ccccc2)cc(OC)c1OC. The number of hydrogen-bond donors (Lipinski definition) is 1. The van der Waals surface area contributed by atoms with E-state index in [-0.39, 0.29) is 17.0 Å². The number of sulfone groups is 1. The lowest BCUT2D eigenvalue weighted by Crippen LogP contribution is -2.31. The van der Waals surface area contributed by atoms with Crippen LogP contribution in [0.5, 0.6) is 17.2 Å². The second kappa shape index (κ2) is 9.84. The van der Waals surface area contributed by atoms with Crippen LogP contribution >= 0.6 is 11.3 Å². The third-order valence-electron chi connectivity index (χ3n) is 4.68. The molecule has 0 aliphatic heterocycles. The Labute approximate surface area is 185 Å². The van der Waals surface area contributed by atoms with Gasteiger partial charge in [-0.15, -0.1) is 11.3 Å². The summed E-state index contributed by atoms with van der Waals surface area (Å²) in [6.45, 7) is -0.0900. The Hall–Kier alpha value is -3.04. The van der Waals surface area contributed by atoms with E-state index in [1.54, 1.807) is 42.5 Å². The van der Waals surface area contributed by atoms with Crippen molar-refractivity contribution in [1.82, 2.24) is 5.32 Å². The smallest absolute Gasteiger partial charge is 0.251 e. The summed E-state index contributed by atoms with van der Waals surface area (Å²) in [6.07, 6.45) is 0. The van der Waals surface area contributed by atoms with Gasteiger partial charge in [0.1, 0.15) is 5.25 Å². The van der Waals surface area contributed by atoms with Crippen molar-refractivity contribution in [3.8, 4) is 17.2 Å². The molecule has 31 heavy (non-hydrogen) atoms. The molecule has 0 saturated heterocycles. The third-order valence-corrected chi connectivity index (χ3v) is 7.92. The van der Waals surface area contributed by atoms with Crippen molar-refractivity contribution in [2.45, 2.75) is 10.1 Å². The van der Waals surface area contributed by atoms with Crippen molar-refractivity contribution in [2.75, 3.05) is 27.9 Å². The molecule has 164 valence electrons. The number of hydrogen-bond acceptors (Lipinski definition) is 7. The fourth-order valence-corrected chi connectivity index (χ4v) is 5.92. The Kier molecular flexibility index (Phi) is 7.19. The zero-order chi connectivity index (χ0) is 22.4. The van der Waals surface area contributed by atoms with Gasteiger partial charge in [0.2, 0.25) is 5.75 Å². The van der Waals surface area contributed by atoms with Crippen LogP contribution in [0, 0.1) is 0 Å². The molecule has 7 nitrogen and oxygen atoms in total. The van der Waals surface area contributed by atoms with Gasteiger partial charge in [0.15, 0.2) is 21.3 Å². The normalized spacial score (nSPS) is 12.1. The highest BCUT2D eigenvalue weighted by Crippen LogP contribution is 2.38. The second-order valence-corrected chi connectivity index (χ2v) is 9.60. The van der Waals surface area contributed by atoms with Crippen LogP contribution in [0.4, 0.5) is 0 Å². The lowest BCUT2D eigenvalue weighted by atomic mass is 10.1. The highest BCUT2D eigenvalue weighted by Gasteiger charge is 2.30. The minimum absolute atomic E-state index is 0.0900. The Morgan fingerprint density at radius 3 is 2.13 bits per heavy atom. The predicted octanol–water partition coefficient (Wildman–Crippen LogP) is 3.72. The molecule has 9 heteroatoms. The van der Waals surface area contributed by atoms with Crippen molar-refractivity contribution < 1.29 is 27.4 Å². The predicted molar refractivity (Wildman–Crippen MR) is 119 cm³/mol. The second-order valence-electron chi connectivity index (χ2n) is 6.49. The van der Waals surface area contributed by atoms with E-state index in [0.717, 1.165) is 0 Å². The molecule has 1 N–H and O–H groups in total. The molecule has 1 amide bonds. The maximum Gasteiger partial charge on any atom is 0.251 e. The van der Waals surface area contributed by atoms with Gasteiger partial charge in [-0.05, 0) is 35.7 Å². The Morgan fingerprint density at radius 1 is 0.968 bits per heavy atom. The van der Waals surface area contributed by atoms with E-state index in [9.17, 15) is 13.2 Å². The van der Waals surface area contributed by atoms with Crippen molar-refractivity contribution in [3.05, 3.63) is 70.4 Å². The molecule has 2 aromatic carbocycles. The van der Waals surface area contributed by atoms with E-state index in [4.69, 9.17) is 14.2 Å². The van der Waals surface area contributed by atoms with Gasteiger partial charge < -0.3 is 19.5 Å². The molecule has 1 atom stereocenters. The summed E-state index contributed by atoms with van der Waals surface area (Å²) in [5, 5.41) is 3.63. The Morgan fingerprint density at radius 2 is 1.61 bits per heavy atom. The summed E-state index contributed by atoms with van der Waals surface area (Å²) >= 11 is 1.33. The first-order valence-electron chi connectivity index (χ1n) is 9.33. The third kappa shape index (κ3) is 4.83. The molecule has 0 fully saturated rings. The molecule has 3 rings (SSSR count). The standard InChI is InChI=1S/C22H23NO6S2/c1-27-17-12-15(13-18(28-2)21(17)29-3)22(24)23-14-20(19-10-7-11-30-19)31(25,26)16-8-5-4-6-9-16/h4-13,20H,14H2,1-3H3,(H,23,24). The molecule has 0 bridgehead atoms. The molecular formula is C22H23NO6S2. The zero-order valence-electron chi connectivity index (χ0n) is 17.3. The van der Waals surface area contributed by atoms with Crippen molar-refractivity contribution in [2.24, 2.45) is 0 Å². The van der Waals surface area contributed by atoms with E-state index in [1.807, 2.05) is 5.38 Å². The number of nitrogens with one attached hydrogen (secondary N) is 1. The minimum atomic E-state index is -3.71. The summed E-state index contributed by atoms with van der Waals surface area (Å²) < 4.78 is 42.4. The zero-order valence-corrected chi connectivity index (χ0v) is 19.0. The van der Waals surface area contributed by atoms with Crippen LogP contribution in [0.3, 0.4) is 0 Å². The fraction of sp³-hybridized carbons (Fsp3) is 0.227. The first-order valence-corrected chi connectivity index (χ1v) is 11.8. The van der Waals surface area contributed by atoms with E-state index >= 15 is 0 Å². The molecule has 0 aliphatic rings. The summed E-state index contributed by atoms with van der Waals surface area (Å²) in [7, 11) is 0.674. The molecule has 3 aromatic rings. The average molecular weight is 462 g/mol. The highest BCUT2D eigenvalue weighted by atomic mass is 32.2. The number of thiophene rings is 1. The molecular weight excluding hydrogens is 438 g/mol. The van der Waals surface area contributed by atoms with E-state index in [1.165, 1.54) is 44.8 Å². The van der Waals surface area contributed by atoms with Crippen LogP contribution in [0.2, 0.25) is 0 Å². The van der Waals surface area contributed by atoms with Gasteiger partial charge in [-0.1, -0.05) is 24.3 Å². The molecule has 0 aliphatic carbocycles. The van der Waals surface area contributed by atoms with Crippen LogP contribution < -0.4 is 19.5 Å². The highest BCUT2D eigenvalue weighted by molar-refractivity contribution is 7.91. The van der Waals surface area contributed by atoms with Gasteiger partial charge in [-0.2, -0.15) is 0 Å². The number of carbonyl (C=O) groups excluding carboxylic acids is 1. The van der Waals surface area contributed by atoms with E-state index < -0.39 is 21.0 Å². The van der Waals surface area contributed by atoms with Gasteiger partial charge in [0.25, 0.3) is 5.91 Å². The molecule has 0 saturated carbocycles. The minimum Gasteiger partial charge on any atom is -0.493 e. The summed E-state index contributed by atoms with van der Waals surface area (Å²) in [6, 6.07) is 14.8. The van der Waals surface area contributed by atoms with E-state index in [2.05, 4.69) is 5.32 Å². The van der Waals surface area contributed by atoms with E-state index in [0.29, 0.717) is 22.1 Å². The first kappa shape index (κ1) is 22.6. The molecule has 1 unspecified atom stereocenters. The average Bonchev–Trinajstić information content (AvgIpc) is 3.32. The maximum atomic E-state index is 13.3. The quantitative estimate of drug-likeness (QED) is 0.522. The molecule has 1 heterocycles. The van der Waals surface area contributed by atoms with Crippen molar-refractivity contribution in [3.63, 3.8) is 0 Å². The number of rotatable bonds is 9. The van der Waals surface area contributed by atoms with Crippen LogP contribution in [0.1, 0.15) is 20.5 Å². The number of methoxy groups -OCH3 is 3. The topological polar surface area (TPSA) is 90.9 Å². The van der Waals surface area contributed by atoms with Gasteiger partial charge in [-0.25, -0.2) is 8.42 Å². The van der Waals surface area contributed by atoms with Gasteiger partial charge in [-0.3, -0.25) is 4.79 Å².